The van der Waals surface area contributed by atoms with Crippen LogP contribution in [0.3, 0.4) is 0 Å². The second-order valence-corrected chi connectivity index (χ2v) is 4.36. The van der Waals surface area contributed by atoms with Gasteiger partial charge in [0.2, 0.25) is 0 Å². The first kappa shape index (κ1) is 11.9. The van der Waals surface area contributed by atoms with E-state index in [4.69, 9.17) is 0 Å². The summed E-state index contributed by atoms with van der Waals surface area (Å²) in [7, 11) is 0. The van der Waals surface area contributed by atoms with E-state index in [0.29, 0.717) is 15.4 Å². The Morgan fingerprint density at radius 2 is 1.80 bits per heavy atom. The predicted molar refractivity (Wildman–Crippen MR) is 55.3 cm³/mol. The van der Waals surface area contributed by atoms with Crippen LogP contribution in [0.25, 0.3) is 0 Å². The molecule has 1 heterocycles. The lowest BCUT2D eigenvalue weighted by molar-refractivity contribution is -0.605. The third kappa shape index (κ3) is 2.89. The summed E-state index contributed by atoms with van der Waals surface area (Å²) in [6.07, 6.45) is 1.25. The molecule has 5 nitrogen and oxygen atoms in total. The average Bonchev–Trinajstić information content (AvgIpc) is 2.15. The van der Waals surface area contributed by atoms with Crippen LogP contribution < -0.4 is 4.73 Å². The van der Waals surface area contributed by atoms with Gasteiger partial charge in [-0.1, -0.05) is 0 Å². The van der Waals surface area contributed by atoms with Crippen molar-refractivity contribution in [2.45, 2.75) is 32.5 Å². The highest BCUT2D eigenvalue weighted by atomic mass is 16.5. The molecule has 15 heavy (non-hydrogen) atoms. The van der Waals surface area contributed by atoms with Crippen molar-refractivity contribution in [3.63, 3.8) is 0 Å². The zero-order valence-electron chi connectivity index (χ0n) is 9.04. The van der Waals surface area contributed by atoms with Crippen LogP contribution >= 0.6 is 0 Å². The fourth-order valence-electron chi connectivity index (χ4n) is 1.10. The third-order valence-electron chi connectivity index (χ3n) is 2.01. The Kier molecular flexibility index (Phi) is 3.28. The van der Waals surface area contributed by atoms with Crippen molar-refractivity contribution in [3.05, 3.63) is 40.5 Å². The predicted octanol–water partition coefficient (Wildman–Crippen LogP) is 0.909. The minimum Gasteiger partial charge on any atom is -0.783 e. The normalized spacial score (nSPS) is 14.3. The van der Waals surface area contributed by atoms with E-state index in [9.17, 15) is 15.5 Å². The number of hydrogen-bond donors (Lipinski definition) is 1. The molecule has 1 atom stereocenters. The number of pyridine rings is 1. The van der Waals surface area contributed by atoms with Crippen molar-refractivity contribution in [1.29, 1.82) is 0 Å². The molecular weight excluding hydrogens is 196 g/mol. The third-order valence-corrected chi connectivity index (χ3v) is 2.01. The summed E-state index contributed by atoms with van der Waals surface area (Å²) in [5, 5.41) is 32.7. The first-order valence-electron chi connectivity index (χ1n) is 4.65. The van der Waals surface area contributed by atoms with E-state index in [0.717, 1.165) is 0 Å². The molecule has 0 aliphatic heterocycles. The zero-order valence-corrected chi connectivity index (χ0v) is 9.04. The van der Waals surface area contributed by atoms with E-state index in [1.807, 2.05) is 0 Å². The number of nitrogens with zero attached hydrogens (tertiary/aromatic N) is 2. The molecule has 0 aliphatic rings. The van der Waals surface area contributed by atoms with Gasteiger partial charge in [0.05, 0.1) is 0 Å². The van der Waals surface area contributed by atoms with Gasteiger partial charge in [0.1, 0.15) is 6.23 Å². The van der Waals surface area contributed by atoms with Crippen LogP contribution in [0.2, 0.25) is 0 Å². The molecule has 0 bridgehead atoms. The summed E-state index contributed by atoms with van der Waals surface area (Å²) >= 11 is 0. The summed E-state index contributed by atoms with van der Waals surface area (Å²) in [5.74, 6) is 0. The SMILES string of the molecule is CC(C)(C)N([O-])C(O)c1cc[n+]([O-])cc1. The van der Waals surface area contributed by atoms with Crippen molar-refractivity contribution >= 4 is 0 Å². The Hall–Kier alpha value is -1.17. The van der Waals surface area contributed by atoms with Gasteiger partial charge >= 0.3 is 0 Å². The van der Waals surface area contributed by atoms with Gasteiger partial charge in [-0.25, -0.2) is 0 Å². The maximum Gasteiger partial charge on any atom is 0.180 e. The maximum atomic E-state index is 11.6. The van der Waals surface area contributed by atoms with Gasteiger partial charge in [0.15, 0.2) is 12.4 Å². The summed E-state index contributed by atoms with van der Waals surface area (Å²) < 4.78 is 0.600. The molecule has 0 amide bonds. The lowest BCUT2D eigenvalue weighted by Crippen LogP contribution is -2.39. The van der Waals surface area contributed by atoms with Gasteiger partial charge in [0, 0.05) is 23.2 Å². The zero-order chi connectivity index (χ0) is 11.6. The second-order valence-electron chi connectivity index (χ2n) is 4.36. The average molecular weight is 211 g/mol. The second kappa shape index (κ2) is 4.14. The van der Waals surface area contributed by atoms with Crippen LogP contribution in [0, 0.1) is 10.4 Å². The van der Waals surface area contributed by atoms with E-state index < -0.39 is 11.8 Å². The lowest BCUT2D eigenvalue weighted by atomic mass is 10.1. The Morgan fingerprint density at radius 1 is 1.33 bits per heavy atom. The molecule has 84 valence electrons. The van der Waals surface area contributed by atoms with Gasteiger partial charge < -0.3 is 20.6 Å². The Bertz CT molecular complexity index is 318. The minimum absolute atomic E-state index is 0.409. The van der Waals surface area contributed by atoms with Crippen molar-refractivity contribution in [1.82, 2.24) is 5.06 Å². The number of aliphatic hydroxyl groups is 1. The van der Waals surface area contributed by atoms with Gasteiger partial charge in [0.25, 0.3) is 0 Å². The molecule has 0 aromatic carbocycles. The standard InChI is InChI=1S/C10H15N2O3/c1-10(2,3)12(15)9(13)8-4-6-11(14)7-5-8/h4-7,9,13H,1-3H3/q-1. The molecule has 0 fully saturated rings. The van der Waals surface area contributed by atoms with Crippen LogP contribution in [0.1, 0.15) is 32.6 Å². The molecule has 1 rings (SSSR count). The summed E-state index contributed by atoms with van der Waals surface area (Å²) in [5.41, 5.74) is -0.269. The molecule has 0 saturated carbocycles. The largest absolute Gasteiger partial charge is 0.783 e. The molecule has 0 radical (unpaired) electrons. The van der Waals surface area contributed by atoms with Gasteiger partial charge in [-0.3, -0.25) is 0 Å². The Labute approximate surface area is 88.7 Å². The summed E-state index contributed by atoms with van der Waals surface area (Å²) in [6.45, 7) is 5.12. The highest BCUT2D eigenvalue weighted by Crippen LogP contribution is 2.23. The monoisotopic (exact) mass is 211 g/mol. The number of hydroxylamine groups is 2. The van der Waals surface area contributed by atoms with Crippen molar-refractivity contribution in [2.75, 3.05) is 0 Å². The van der Waals surface area contributed by atoms with Crippen molar-refractivity contribution in [2.24, 2.45) is 0 Å². The fraction of sp³-hybridized carbons (Fsp3) is 0.500. The fourth-order valence-corrected chi connectivity index (χ4v) is 1.10. The van der Waals surface area contributed by atoms with Crippen LogP contribution in [-0.4, -0.2) is 15.7 Å². The number of aliphatic hydroxyl groups excluding tert-OH is 1. The van der Waals surface area contributed by atoms with Gasteiger partial charge in [-0.2, -0.15) is 4.73 Å². The molecule has 5 heteroatoms. The molecule has 1 aromatic heterocycles. The summed E-state index contributed by atoms with van der Waals surface area (Å²) in [6, 6.07) is 2.85. The number of rotatable bonds is 2. The first-order chi connectivity index (χ1) is 6.82. The van der Waals surface area contributed by atoms with Crippen LogP contribution in [0.4, 0.5) is 0 Å². The van der Waals surface area contributed by atoms with Gasteiger partial charge in [-0.05, 0) is 20.8 Å². The summed E-state index contributed by atoms with van der Waals surface area (Å²) in [4.78, 5) is 0. The quantitative estimate of drug-likeness (QED) is 0.341. The highest BCUT2D eigenvalue weighted by Gasteiger charge is 2.20. The van der Waals surface area contributed by atoms with E-state index in [1.165, 1.54) is 24.5 Å². The van der Waals surface area contributed by atoms with E-state index in [2.05, 4.69) is 0 Å². The number of aromatic nitrogens is 1. The highest BCUT2D eigenvalue weighted by molar-refractivity contribution is 5.11. The van der Waals surface area contributed by atoms with Crippen LogP contribution in [0.5, 0.6) is 0 Å². The van der Waals surface area contributed by atoms with E-state index in [1.54, 1.807) is 20.8 Å². The molecule has 0 saturated heterocycles. The molecule has 0 aliphatic carbocycles. The number of hydrogen-bond acceptors (Lipinski definition) is 4. The Morgan fingerprint density at radius 3 is 2.20 bits per heavy atom. The van der Waals surface area contributed by atoms with E-state index in [-0.39, 0.29) is 0 Å². The van der Waals surface area contributed by atoms with Crippen molar-refractivity contribution < 1.29 is 9.84 Å². The Balaban J connectivity index is 2.85. The minimum atomic E-state index is -1.24. The molecule has 1 N–H and O–H groups in total. The van der Waals surface area contributed by atoms with Crippen LogP contribution in [0.15, 0.2) is 24.5 Å². The van der Waals surface area contributed by atoms with Crippen molar-refractivity contribution in [3.8, 4) is 0 Å². The van der Waals surface area contributed by atoms with E-state index >= 15 is 0 Å². The van der Waals surface area contributed by atoms with Gasteiger partial charge in [-0.15, -0.1) is 0 Å². The smallest absolute Gasteiger partial charge is 0.180 e. The molecule has 1 unspecified atom stereocenters. The molecule has 1 aromatic rings. The first-order valence-corrected chi connectivity index (χ1v) is 4.65. The lowest BCUT2D eigenvalue weighted by Gasteiger charge is -2.44. The molecule has 0 spiro atoms. The van der Waals surface area contributed by atoms with Crippen LogP contribution in [-0.2, 0) is 0 Å². The molecular formula is C10H15N2O3-. The maximum absolute atomic E-state index is 11.6. The topological polar surface area (TPSA) is 73.5 Å².